The number of hydrogen-bond acceptors (Lipinski definition) is 5. The van der Waals surface area contributed by atoms with E-state index in [1.54, 1.807) is 25.1 Å². The summed E-state index contributed by atoms with van der Waals surface area (Å²) >= 11 is 0. The molecule has 0 aliphatic heterocycles. The van der Waals surface area contributed by atoms with Crippen molar-refractivity contribution >= 4 is 21.9 Å². The van der Waals surface area contributed by atoms with E-state index in [-0.39, 0.29) is 22.9 Å². The van der Waals surface area contributed by atoms with Crippen LogP contribution in [0.3, 0.4) is 0 Å². The second-order valence-corrected chi connectivity index (χ2v) is 6.07. The quantitative estimate of drug-likeness (QED) is 0.459. The van der Waals surface area contributed by atoms with E-state index in [0.717, 1.165) is 6.21 Å². The maximum Gasteiger partial charge on any atom is 0.311 e. The Morgan fingerprint density at radius 2 is 1.91 bits per heavy atom. The lowest BCUT2D eigenvalue weighted by Gasteiger charge is -2.04. The lowest BCUT2D eigenvalue weighted by molar-refractivity contribution is -0.385. The highest BCUT2D eigenvalue weighted by molar-refractivity contribution is 7.90. The van der Waals surface area contributed by atoms with E-state index in [1.807, 2.05) is 0 Å². The molecule has 2 rings (SSSR count). The first-order chi connectivity index (χ1) is 10.9. The third-order valence-electron chi connectivity index (χ3n) is 2.86. The highest BCUT2D eigenvalue weighted by Crippen LogP contribution is 2.27. The van der Waals surface area contributed by atoms with Crippen LogP contribution in [0.5, 0.6) is 5.75 Å². The number of nitro benzene ring substituents is 1. The summed E-state index contributed by atoms with van der Waals surface area (Å²) in [6.07, 6.45) is 1.07. The molecule has 0 fully saturated rings. The van der Waals surface area contributed by atoms with Gasteiger partial charge in [-0.25, -0.2) is 0 Å². The Kier molecular flexibility index (Phi) is 5.07. The van der Waals surface area contributed by atoms with Crippen LogP contribution in [0.25, 0.3) is 0 Å². The molecule has 7 nitrogen and oxygen atoms in total. The molecule has 0 radical (unpaired) electrons. The van der Waals surface area contributed by atoms with Gasteiger partial charge in [0.15, 0.2) is 5.75 Å². The summed E-state index contributed by atoms with van der Waals surface area (Å²) in [6, 6.07) is 11.8. The second-order valence-electron chi connectivity index (χ2n) is 4.44. The maximum absolute atomic E-state index is 12.0. The zero-order valence-corrected chi connectivity index (χ0v) is 13.1. The predicted molar refractivity (Wildman–Crippen MR) is 85.5 cm³/mol. The Balaban J connectivity index is 2.33. The molecule has 0 bridgehead atoms. The van der Waals surface area contributed by atoms with Gasteiger partial charge in [0.05, 0.1) is 16.4 Å². The third-order valence-corrected chi connectivity index (χ3v) is 4.11. The number of nitrogens with zero attached hydrogens (tertiary/aromatic N) is 2. The second kappa shape index (κ2) is 7.01. The van der Waals surface area contributed by atoms with Gasteiger partial charge in [-0.1, -0.05) is 18.2 Å². The SMILES string of the molecule is CCOc1ccc(/C=N\S(=O)(=O)c2ccccc2)cc1[N+](=O)[O-]. The minimum atomic E-state index is -3.84. The molecule has 0 saturated carbocycles. The Hall–Kier alpha value is -2.74. The van der Waals surface area contributed by atoms with Gasteiger partial charge in [0.2, 0.25) is 0 Å². The number of sulfonamides is 1. The van der Waals surface area contributed by atoms with Crippen molar-refractivity contribution in [2.24, 2.45) is 4.40 Å². The van der Waals surface area contributed by atoms with Gasteiger partial charge < -0.3 is 4.74 Å². The molecule has 0 aliphatic rings. The zero-order chi connectivity index (χ0) is 16.9. The van der Waals surface area contributed by atoms with E-state index >= 15 is 0 Å². The number of hydrogen-bond donors (Lipinski definition) is 0. The summed E-state index contributed by atoms with van der Waals surface area (Å²) in [4.78, 5) is 10.5. The molecule has 0 heterocycles. The van der Waals surface area contributed by atoms with Crippen molar-refractivity contribution < 1.29 is 18.1 Å². The highest BCUT2D eigenvalue weighted by atomic mass is 32.2. The average molecular weight is 334 g/mol. The molecule has 0 N–H and O–H groups in total. The van der Waals surface area contributed by atoms with E-state index < -0.39 is 14.9 Å². The summed E-state index contributed by atoms with van der Waals surface area (Å²) in [7, 11) is -3.84. The van der Waals surface area contributed by atoms with Gasteiger partial charge in [0.25, 0.3) is 10.0 Å². The molecule has 0 aromatic heterocycles. The van der Waals surface area contributed by atoms with Crippen LogP contribution in [0, 0.1) is 10.1 Å². The molecular weight excluding hydrogens is 320 g/mol. The molecule has 0 aliphatic carbocycles. The minimum Gasteiger partial charge on any atom is -0.487 e. The fraction of sp³-hybridized carbons (Fsp3) is 0.133. The summed E-state index contributed by atoms with van der Waals surface area (Å²) in [5.74, 6) is 0.126. The number of nitro groups is 1. The molecule has 0 spiro atoms. The van der Waals surface area contributed by atoms with Gasteiger partial charge in [-0.2, -0.15) is 12.8 Å². The third kappa shape index (κ3) is 4.13. The Morgan fingerprint density at radius 1 is 1.22 bits per heavy atom. The molecular formula is C15H14N2O5S. The van der Waals surface area contributed by atoms with E-state index in [1.165, 1.54) is 30.3 Å². The highest BCUT2D eigenvalue weighted by Gasteiger charge is 2.16. The molecule has 0 unspecified atom stereocenters. The van der Waals surface area contributed by atoms with Crippen LogP contribution in [0.2, 0.25) is 0 Å². The number of ether oxygens (including phenoxy) is 1. The van der Waals surface area contributed by atoms with Gasteiger partial charge in [0, 0.05) is 17.8 Å². The zero-order valence-electron chi connectivity index (χ0n) is 12.2. The topological polar surface area (TPSA) is 98.9 Å². The molecule has 2 aromatic carbocycles. The minimum absolute atomic E-state index is 0.0525. The van der Waals surface area contributed by atoms with Gasteiger partial charge >= 0.3 is 5.69 Å². The van der Waals surface area contributed by atoms with Crippen LogP contribution < -0.4 is 4.74 Å². The van der Waals surface area contributed by atoms with Crippen LogP contribution in [0.1, 0.15) is 12.5 Å². The lowest BCUT2D eigenvalue weighted by atomic mass is 10.2. The summed E-state index contributed by atoms with van der Waals surface area (Å²) < 4.78 is 32.8. The largest absolute Gasteiger partial charge is 0.487 e. The molecule has 120 valence electrons. The van der Waals surface area contributed by atoms with E-state index in [2.05, 4.69) is 4.40 Å². The van der Waals surface area contributed by atoms with Gasteiger partial charge in [-0.05, 0) is 31.2 Å². The van der Waals surface area contributed by atoms with E-state index in [4.69, 9.17) is 4.74 Å². The normalized spacial score (nSPS) is 11.5. The fourth-order valence-corrected chi connectivity index (χ4v) is 2.70. The smallest absolute Gasteiger partial charge is 0.311 e. The Bertz CT molecular complexity index is 832. The molecule has 2 aromatic rings. The monoisotopic (exact) mass is 334 g/mol. The standard InChI is InChI=1S/C15H14N2O5S/c1-2-22-15-9-8-12(10-14(15)17(18)19)11-16-23(20,21)13-6-4-3-5-7-13/h3-11H,2H2,1H3/b16-11-. The maximum atomic E-state index is 12.0. The number of benzene rings is 2. The van der Waals surface area contributed by atoms with Crippen molar-refractivity contribution in [2.45, 2.75) is 11.8 Å². The first kappa shape index (κ1) is 16.6. The number of rotatable bonds is 6. The molecule has 0 saturated heterocycles. The molecule has 0 amide bonds. The molecule has 0 atom stereocenters. The Morgan fingerprint density at radius 3 is 2.52 bits per heavy atom. The van der Waals surface area contributed by atoms with Gasteiger partial charge in [0.1, 0.15) is 0 Å². The average Bonchev–Trinajstić information content (AvgIpc) is 2.55. The van der Waals surface area contributed by atoms with E-state index in [0.29, 0.717) is 5.56 Å². The van der Waals surface area contributed by atoms with E-state index in [9.17, 15) is 18.5 Å². The summed E-state index contributed by atoms with van der Waals surface area (Å²) in [6.45, 7) is 2.00. The molecule has 23 heavy (non-hydrogen) atoms. The summed E-state index contributed by atoms with van der Waals surface area (Å²) in [5, 5.41) is 11.0. The fourth-order valence-electron chi connectivity index (χ4n) is 1.82. The van der Waals surface area contributed by atoms with Crippen LogP contribution in [-0.4, -0.2) is 26.2 Å². The lowest BCUT2D eigenvalue weighted by Crippen LogP contribution is -2.00. The predicted octanol–water partition coefficient (Wildman–Crippen LogP) is 2.80. The van der Waals surface area contributed by atoms with Crippen molar-refractivity contribution in [3.05, 3.63) is 64.2 Å². The Labute approximate surface area is 133 Å². The van der Waals surface area contributed by atoms with Crippen LogP contribution in [-0.2, 0) is 10.0 Å². The van der Waals surface area contributed by atoms with Crippen molar-refractivity contribution in [1.82, 2.24) is 0 Å². The van der Waals surface area contributed by atoms with Gasteiger partial charge in [-0.3, -0.25) is 10.1 Å². The van der Waals surface area contributed by atoms with Crippen molar-refractivity contribution in [1.29, 1.82) is 0 Å². The van der Waals surface area contributed by atoms with Crippen molar-refractivity contribution in [2.75, 3.05) is 6.61 Å². The van der Waals surface area contributed by atoms with Crippen molar-refractivity contribution in [3.63, 3.8) is 0 Å². The first-order valence-electron chi connectivity index (χ1n) is 6.70. The summed E-state index contributed by atoms with van der Waals surface area (Å²) in [5.41, 5.74) is 0.0487. The van der Waals surface area contributed by atoms with Crippen LogP contribution >= 0.6 is 0 Å². The van der Waals surface area contributed by atoms with Gasteiger partial charge in [-0.15, -0.1) is 0 Å². The molecule has 8 heteroatoms. The first-order valence-corrected chi connectivity index (χ1v) is 8.14. The van der Waals surface area contributed by atoms with Crippen LogP contribution in [0.15, 0.2) is 57.8 Å². The van der Waals surface area contributed by atoms with Crippen LogP contribution in [0.4, 0.5) is 5.69 Å². The van der Waals surface area contributed by atoms with Crippen molar-refractivity contribution in [3.8, 4) is 5.75 Å².